The van der Waals surface area contributed by atoms with Crippen molar-refractivity contribution < 1.29 is 27.8 Å². The Bertz CT molecular complexity index is 1540. The molecular weight excluding hydrogens is 484 g/mol. The summed E-state index contributed by atoms with van der Waals surface area (Å²) in [7, 11) is -1.38. The zero-order chi connectivity index (χ0) is 25.9. The molecule has 0 aliphatic carbocycles. The van der Waals surface area contributed by atoms with Gasteiger partial charge >= 0.3 is 0 Å². The number of azo groups is 1. The Morgan fingerprint density at radius 1 is 1.03 bits per heavy atom. The molecule has 0 unspecified atom stereocenters. The molecule has 0 saturated heterocycles. The standard InChI is InChI=1S/C25H24N4O6S/c1-16-8-11-18(12-9-16)36(32,33)29(21-14-17(34-2)10-13-22(21)35-3)15-23(30)27-28-24-19-6-4-5-7-20(19)26-25(24)31/h4-14,26,31H,15H2,1-3H3. The number of rotatable bonds is 8. The summed E-state index contributed by atoms with van der Waals surface area (Å²) in [5.74, 6) is -0.537. The summed E-state index contributed by atoms with van der Waals surface area (Å²) in [5, 5.41) is 18.3. The molecule has 0 aliphatic rings. The quantitative estimate of drug-likeness (QED) is 0.331. The van der Waals surface area contributed by atoms with Gasteiger partial charge in [0.2, 0.25) is 5.88 Å². The average molecular weight is 509 g/mol. The van der Waals surface area contributed by atoms with Crippen LogP contribution in [0.25, 0.3) is 10.9 Å². The molecule has 0 aliphatic heterocycles. The van der Waals surface area contributed by atoms with Gasteiger partial charge in [0.25, 0.3) is 15.9 Å². The van der Waals surface area contributed by atoms with E-state index in [0.717, 1.165) is 9.87 Å². The molecule has 11 heteroatoms. The first-order valence-corrected chi connectivity index (χ1v) is 12.2. The minimum Gasteiger partial charge on any atom is -0.497 e. The molecule has 10 nitrogen and oxygen atoms in total. The maximum absolute atomic E-state index is 13.7. The lowest BCUT2D eigenvalue weighted by molar-refractivity contribution is -0.116. The lowest BCUT2D eigenvalue weighted by atomic mass is 10.2. The molecule has 1 aromatic heterocycles. The first kappa shape index (κ1) is 24.7. The Morgan fingerprint density at radius 2 is 1.75 bits per heavy atom. The number of aromatic amines is 1. The van der Waals surface area contributed by atoms with Gasteiger partial charge in [0.1, 0.15) is 18.0 Å². The van der Waals surface area contributed by atoms with Crippen molar-refractivity contribution in [2.45, 2.75) is 11.8 Å². The van der Waals surface area contributed by atoms with Gasteiger partial charge in [-0.3, -0.25) is 9.10 Å². The molecule has 0 bridgehead atoms. The molecule has 1 heterocycles. The van der Waals surface area contributed by atoms with E-state index in [0.29, 0.717) is 16.7 Å². The van der Waals surface area contributed by atoms with E-state index in [1.165, 1.54) is 32.4 Å². The predicted molar refractivity (Wildman–Crippen MR) is 135 cm³/mol. The third kappa shape index (κ3) is 4.86. The lowest BCUT2D eigenvalue weighted by Gasteiger charge is -2.25. The van der Waals surface area contributed by atoms with E-state index in [2.05, 4.69) is 15.2 Å². The van der Waals surface area contributed by atoms with Crippen molar-refractivity contribution in [1.29, 1.82) is 0 Å². The number of H-pyrrole nitrogens is 1. The fraction of sp³-hybridized carbons (Fsp3) is 0.160. The van der Waals surface area contributed by atoms with Crippen LogP contribution in [0.5, 0.6) is 17.4 Å². The molecule has 4 aromatic rings. The molecule has 36 heavy (non-hydrogen) atoms. The van der Waals surface area contributed by atoms with Crippen LogP contribution in [0.3, 0.4) is 0 Å². The molecular formula is C25H24N4O6S. The van der Waals surface area contributed by atoms with Crippen LogP contribution < -0.4 is 13.8 Å². The summed E-state index contributed by atoms with van der Waals surface area (Å²) in [6.45, 7) is 1.16. The van der Waals surface area contributed by atoms with Crippen molar-refractivity contribution in [3.8, 4) is 17.4 Å². The third-order valence-corrected chi connectivity index (χ3v) is 7.24. The van der Waals surface area contributed by atoms with Crippen LogP contribution in [0.4, 0.5) is 11.4 Å². The highest BCUT2D eigenvalue weighted by Crippen LogP contribution is 2.37. The van der Waals surface area contributed by atoms with Crippen molar-refractivity contribution in [3.63, 3.8) is 0 Å². The average Bonchev–Trinajstić information content (AvgIpc) is 3.20. The van der Waals surface area contributed by atoms with E-state index < -0.39 is 22.5 Å². The van der Waals surface area contributed by atoms with Crippen LogP contribution >= 0.6 is 0 Å². The summed E-state index contributed by atoms with van der Waals surface area (Å²) in [6.07, 6.45) is 0. The van der Waals surface area contributed by atoms with E-state index in [1.54, 1.807) is 48.5 Å². The fourth-order valence-electron chi connectivity index (χ4n) is 3.60. The topological polar surface area (TPSA) is 134 Å². The monoisotopic (exact) mass is 508 g/mol. The molecule has 0 radical (unpaired) electrons. The number of hydrogen-bond acceptors (Lipinski definition) is 7. The molecule has 0 saturated carbocycles. The Balaban J connectivity index is 1.75. The molecule has 0 atom stereocenters. The summed E-state index contributed by atoms with van der Waals surface area (Å²) < 4.78 is 38.9. The number of nitrogens with zero attached hydrogens (tertiary/aromatic N) is 3. The number of carbonyl (C=O) groups is 1. The van der Waals surface area contributed by atoms with Crippen molar-refractivity contribution in [2.24, 2.45) is 10.2 Å². The summed E-state index contributed by atoms with van der Waals surface area (Å²) in [5.41, 5.74) is 1.66. The number of para-hydroxylation sites is 1. The Kier molecular flexibility index (Phi) is 6.93. The van der Waals surface area contributed by atoms with Crippen molar-refractivity contribution >= 4 is 38.2 Å². The second kappa shape index (κ2) is 10.1. The van der Waals surface area contributed by atoms with Gasteiger partial charge in [-0.15, -0.1) is 10.2 Å². The minimum atomic E-state index is -4.22. The molecule has 2 N–H and O–H groups in total. The number of aryl methyl sites for hydroxylation is 1. The van der Waals surface area contributed by atoms with Crippen LogP contribution in [-0.4, -0.2) is 45.2 Å². The van der Waals surface area contributed by atoms with Gasteiger partial charge in [0, 0.05) is 11.5 Å². The lowest BCUT2D eigenvalue weighted by Crippen LogP contribution is -2.35. The number of fused-ring (bicyclic) bond motifs is 1. The number of hydrogen-bond donors (Lipinski definition) is 2. The van der Waals surface area contributed by atoms with Crippen molar-refractivity contribution in [3.05, 3.63) is 72.3 Å². The molecule has 186 valence electrons. The van der Waals surface area contributed by atoms with Crippen molar-refractivity contribution in [2.75, 3.05) is 25.1 Å². The first-order chi connectivity index (χ1) is 17.2. The molecule has 1 amide bonds. The number of aromatic nitrogens is 1. The van der Waals surface area contributed by atoms with Crippen LogP contribution in [-0.2, 0) is 14.8 Å². The van der Waals surface area contributed by atoms with E-state index in [9.17, 15) is 18.3 Å². The molecule has 0 spiro atoms. The van der Waals surface area contributed by atoms with Gasteiger partial charge in [0.15, 0.2) is 5.69 Å². The largest absolute Gasteiger partial charge is 0.497 e. The van der Waals surface area contributed by atoms with Gasteiger partial charge in [0.05, 0.1) is 30.3 Å². The summed E-state index contributed by atoms with van der Waals surface area (Å²) >= 11 is 0. The smallest absolute Gasteiger partial charge is 0.285 e. The van der Waals surface area contributed by atoms with Gasteiger partial charge in [-0.2, -0.15) is 0 Å². The molecule has 0 fully saturated rings. The first-order valence-electron chi connectivity index (χ1n) is 10.8. The predicted octanol–water partition coefficient (Wildman–Crippen LogP) is 4.70. The number of nitrogens with one attached hydrogen (secondary N) is 1. The number of anilines is 1. The van der Waals surface area contributed by atoms with Crippen molar-refractivity contribution in [1.82, 2.24) is 4.98 Å². The number of methoxy groups -OCH3 is 2. The minimum absolute atomic E-state index is 0.0167. The second-order valence-corrected chi connectivity index (χ2v) is 9.69. The van der Waals surface area contributed by atoms with E-state index in [4.69, 9.17) is 9.47 Å². The number of carbonyl (C=O) groups excluding carboxylic acids is 1. The number of ether oxygens (including phenoxy) is 2. The zero-order valence-corrected chi connectivity index (χ0v) is 20.6. The maximum Gasteiger partial charge on any atom is 0.285 e. The number of benzene rings is 3. The number of amides is 1. The second-order valence-electron chi connectivity index (χ2n) is 7.82. The van der Waals surface area contributed by atoms with Gasteiger partial charge in [-0.1, -0.05) is 35.9 Å². The summed E-state index contributed by atoms with van der Waals surface area (Å²) in [4.78, 5) is 15.7. The van der Waals surface area contributed by atoms with Crippen LogP contribution in [0, 0.1) is 6.92 Å². The van der Waals surface area contributed by atoms with E-state index in [-0.39, 0.29) is 27.9 Å². The zero-order valence-electron chi connectivity index (χ0n) is 19.8. The highest BCUT2D eigenvalue weighted by Gasteiger charge is 2.30. The highest BCUT2D eigenvalue weighted by atomic mass is 32.2. The normalized spacial score (nSPS) is 11.6. The van der Waals surface area contributed by atoms with E-state index >= 15 is 0 Å². The van der Waals surface area contributed by atoms with Gasteiger partial charge < -0.3 is 19.6 Å². The van der Waals surface area contributed by atoms with Crippen LogP contribution in [0.2, 0.25) is 0 Å². The SMILES string of the molecule is COc1ccc(OC)c(N(CC(=O)N=Nc2c(O)[nH]c3ccccc23)S(=O)(=O)c2ccc(C)cc2)c1. The van der Waals surface area contributed by atoms with Crippen LogP contribution in [0.15, 0.2) is 81.9 Å². The molecule has 4 rings (SSSR count). The van der Waals surface area contributed by atoms with Gasteiger partial charge in [-0.05, 0) is 37.3 Å². The number of sulfonamides is 1. The Labute approximate surface area is 207 Å². The third-order valence-electron chi connectivity index (χ3n) is 5.46. The summed E-state index contributed by atoms with van der Waals surface area (Å²) in [6, 6.07) is 17.8. The molecule has 3 aromatic carbocycles. The van der Waals surface area contributed by atoms with E-state index in [1.807, 2.05) is 6.92 Å². The highest BCUT2D eigenvalue weighted by molar-refractivity contribution is 7.92. The Morgan fingerprint density at radius 3 is 2.44 bits per heavy atom. The van der Waals surface area contributed by atoms with Gasteiger partial charge in [-0.25, -0.2) is 8.42 Å². The number of aromatic hydroxyl groups is 1. The fourth-order valence-corrected chi connectivity index (χ4v) is 5.02. The van der Waals surface area contributed by atoms with Crippen LogP contribution in [0.1, 0.15) is 5.56 Å². The Hall–Kier alpha value is -4.38. The maximum atomic E-state index is 13.7.